The molecule has 0 aliphatic rings. The third-order valence-corrected chi connectivity index (χ3v) is 1.77. The van der Waals surface area contributed by atoms with Gasteiger partial charge in [0.05, 0.1) is 5.02 Å². The van der Waals surface area contributed by atoms with Crippen LogP contribution in [0.5, 0.6) is 5.75 Å². The zero-order valence-electron chi connectivity index (χ0n) is 9.21. The Morgan fingerprint density at radius 1 is 1.38 bits per heavy atom. The summed E-state index contributed by atoms with van der Waals surface area (Å²) in [5, 5.41) is 0.0193. The molecule has 0 radical (unpaired) electrons. The van der Waals surface area contributed by atoms with E-state index in [1.54, 1.807) is 20.8 Å². The minimum atomic E-state index is -0.874. The highest BCUT2D eigenvalue weighted by atomic mass is 35.5. The first-order valence-electron chi connectivity index (χ1n) is 4.64. The largest absolute Gasteiger partial charge is 0.514 e. The van der Waals surface area contributed by atoms with Crippen molar-refractivity contribution in [2.75, 3.05) is 0 Å². The predicted molar refractivity (Wildman–Crippen MR) is 58.3 cm³/mol. The van der Waals surface area contributed by atoms with E-state index in [1.807, 2.05) is 0 Å². The van der Waals surface area contributed by atoms with E-state index >= 15 is 0 Å². The standard InChI is InChI=1S/C11H12ClFO3/c1-11(2,3)16-10(14)15-9-5-4-7(13)6-8(9)12/h4-6H,1-3H3. The minimum Gasteiger partial charge on any atom is -0.428 e. The Balaban J connectivity index is 2.70. The molecule has 1 aromatic carbocycles. The molecule has 16 heavy (non-hydrogen) atoms. The smallest absolute Gasteiger partial charge is 0.428 e. The van der Waals surface area contributed by atoms with Crippen LogP contribution in [-0.4, -0.2) is 11.8 Å². The van der Waals surface area contributed by atoms with Crippen LogP contribution in [-0.2, 0) is 4.74 Å². The van der Waals surface area contributed by atoms with Gasteiger partial charge in [0.15, 0.2) is 5.75 Å². The number of hydrogen-bond donors (Lipinski definition) is 0. The molecule has 1 aromatic rings. The van der Waals surface area contributed by atoms with Gasteiger partial charge < -0.3 is 9.47 Å². The van der Waals surface area contributed by atoms with Gasteiger partial charge in [0, 0.05) is 0 Å². The molecule has 0 aromatic heterocycles. The molecule has 0 saturated heterocycles. The van der Waals surface area contributed by atoms with Crippen molar-refractivity contribution in [3.63, 3.8) is 0 Å². The molecule has 5 heteroatoms. The molecule has 0 aliphatic carbocycles. The summed E-state index contributed by atoms with van der Waals surface area (Å²) in [6, 6.07) is 3.47. The van der Waals surface area contributed by atoms with E-state index < -0.39 is 17.6 Å². The van der Waals surface area contributed by atoms with E-state index in [1.165, 1.54) is 6.07 Å². The second-order valence-corrected chi connectivity index (χ2v) is 4.55. The number of carbonyl (C=O) groups excluding carboxylic acids is 1. The fourth-order valence-electron chi connectivity index (χ4n) is 0.919. The Morgan fingerprint density at radius 2 is 2.00 bits per heavy atom. The van der Waals surface area contributed by atoms with Gasteiger partial charge in [-0.3, -0.25) is 0 Å². The lowest BCUT2D eigenvalue weighted by Gasteiger charge is -2.18. The number of hydrogen-bond acceptors (Lipinski definition) is 3. The van der Waals surface area contributed by atoms with Crippen molar-refractivity contribution < 1.29 is 18.7 Å². The molecular weight excluding hydrogens is 235 g/mol. The third kappa shape index (κ3) is 4.06. The Labute approximate surface area is 98.1 Å². The molecule has 0 heterocycles. The van der Waals surface area contributed by atoms with E-state index in [-0.39, 0.29) is 10.8 Å². The van der Waals surface area contributed by atoms with E-state index in [4.69, 9.17) is 21.1 Å². The monoisotopic (exact) mass is 246 g/mol. The number of rotatable bonds is 1. The Bertz CT molecular complexity index is 399. The van der Waals surface area contributed by atoms with Crippen LogP contribution in [0.4, 0.5) is 9.18 Å². The quantitative estimate of drug-likeness (QED) is 0.559. The molecule has 0 saturated carbocycles. The predicted octanol–water partition coefficient (Wildman–Crippen LogP) is 3.79. The highest BCUT2D eigenvalue weighted by Crippen LogP contribution is 2.25. The van der Waals surface area contributed by atoms with Gasteiger partial charge in [-0.1, -0.05) is 11.6 Å². The minimum absolute atomic E-state index is 0.0193. The van der Waals surface area contributed by atoms with Crippen molar-refractivity contribution in [2.24, 2.45) is 0 Å². The molecule has 0 aliphatic heterocycles. The van der Waals surface area contributed by atoms with Crippen molar-refractivity contribution in [3.8, 4) is 5.75 Å². The average molecular weight is 247 g/mol. The van der Waals surface area contributed by atoms with Crippen molar-refractivity contribution in [3.05, 3.63) is 29.0 Å². The lowest BCUT2D eigenvalue weighted by molar-refractivity contribution is 0.0206. The molecule has 3 nitrogen and oxygen atoms in total. The van der Waals surface area contributed by atoms with Crippen molar-refractivity contribution in [2.45, 2.75) is 26.4 Å². The molecule has 0 amide bonds. The third-order valence-electron chi connectivity index (χ3n) is 1.48. The van der Waals surface area contributed by atoms with Crippen LogP contribution in [0.3, 0.4) is 0 Å². The first kappa shape index (κ1) is 12.8. The van der Waals surface area contributed by atoms with E-state index in [0.29, 0.717) is 0 Å². The van der Waals surface area contributed by atoms with E-state index in [9.17, 15) is 9.18 Å². The van der Waals surface area contributed by atoms with Gasteiger partial charge in [-0.05, 0) is 39.0 Å². The molecule has 0 N–H and O–H groups in total. The summed E-state index contributed by atoms with van der Waals surface area (Å²) in [5.41, 5.74) is -0.649. The van der Waals surface area contributed by atoms with Gasteiger partial charge in [0.25, 0.3) is 0 Å². The van der Waals surface area contributed by atoms with Gasteiger partial charge in [0.2, 0.25) is 0 Å². The van der Waals surface area contributed by atoms with Crippen molar-refractivity contribution >= 4 is 17.8 Å². The molecule has 0 atom stereocenters. The van der Waals surface area contributed by atoms with Crippen LogP contribution in [0.2, 0.25) is 5.02 Å². The summed E-state index contributed by atoms with van der Waals surface area (Å²) in [6.07, 6.45) is -0.874. The van der Waals surface area contributed by atoms with Crippen LogP contribution in [0.25, 0.3) is 0 Å². The van der Waals surface area contributed by atoms with Crippen LogP contribution in [0.1, 0.15) is 20.8 Å². The molecule has 0 unspecified atom stereocenters. The second kappa shape index (κ2) is 4.70. The Morgan fingerprint density at radius 3 is 2.50 bits per heavy atom. The van der Waals surface area contributed by atoms with Gasteiger partial charge in [0.1, 0.15) is 11.4 Å². The summed E-state index contributed by atoms with van der Waals surface area (Å²) in [6.45, 7) is 5.13. The van der Waals surface area contributed by atoms with Crippen LogP contribution in [0.15, 0.2) is 18.2 Å². The molecule has 0 fully saturated rings. The Hall–Kier alpha value is -1.29. The molecule has 1 rings (SSSR count). The summed E-state index contributed by atoms with van der Waals surface area (Å²) >= 11 is 5.67. The summed E-state index contributed by atoms with van der Waals surface area (Å²) in [4.78, 5) is 11.3. The number of benzene rings is 1. The fraction of sp³-hybridized carbons (Fsp3) is 0.364. The Kier molecular flexibility index (Phi) is 3.75. The highest BCUT2D eigenvalue weighted by Gasteiger charge is 2.19. The van der Waals surface area contributed by atoms with Gasteiger partial charge in [-0.25, -0.2) is 9.18 Å². The molecule has 0 bridgehead atoms. The molecule has 88 valence electrons. The van der Waals surface area contributed by atoms with Crippen molar-refractivity contribution in [1.82, 2.24) is 0 Å². The summed E-state index contributed by atoms with van der Waals surface area (Å²) < 4.78 is 22.4. The van der Waals surface area contributed by atoms with E-state index in [2.05, 4.69) is 0 Å². The van der Waals surface area contributed by atoms with Crippen LogP contribution < -0.4 is 4.74 Å². The normalized spacial score (nSPS) is 11.1. The first-order valence-corrected chi connectivity index (χ1v) is 5.01. The van der Waals surface area contributed by atoms with Crippen LogP contribution in [0, 0.1) is 5.82 Å². The second-order valence-electron chi connectivity index (χ2n) is 4.14. The number of halogens is 2. The lowest BCUT2D eigenvalue weighted by Crippen LogP contribution is -2.26. The number of ether oxygens (including phenoxy) is 2. The summed E-state index contributed by atoms with van der Waals surface area (Å²) in [7, 11) is 0. The number of carbonyl (C=O) groups is 1. The molecule has 0 spiro atoms. The van der Waals surface area contributed by atoms with Gasteiger partial charge in [-0.15, -0.1) is 0 Å². The SMILES string of the molecule is CC(C)(C)OC(=O)Oc1ccc(F)cc1Cl. The molecular formula is C11H12ClFO3. The van der Waals surface area contributed by atoms with Gasteiger partial charge in [-0.2, -0.15) is 0 Å². The lowest BCUT2D eigenvalue weighted by atomic mass is 10.2. The van der Waals surface area contributed by atoms with Crippen molar-refractivity contribution in [1.29, 1.82) is 0 Å². The first-order chi connectivity index (χ1) is 7.28. The maximum atomic E-state index is 12.7. The summed E-state index contributed by atoms with van der Waals surface area (Å²) in [5.74, 6) is -0.432. The highest BCUT2D eigenvalue weighted by molar-refractivity contribution is 6.32. The zero-order chi connectivity index (χ0) is 12.3. The fourth-order valence-corrected chi connectivity index (χ4v) is 1.12. The van der Waals surface area contributed by atoms with Gasteiger partial charge >= 0.3 is 6.16 Å². The average Bonchev–Trinajstić information content (AvgIpc) is 2.06. The van der Waals surface area contributed by atoms with E-state index in [0.717, 1.165) is 12.1 Å². The zero-order valence-corrected chi connectivity index (χ0v) is 9.97. The maximum absolute atomic E-state index is 12.7. The maximum Gasteiger partial charge on any atom is 0.514 e. The topological polar surface area (TPSA) is 35.5 Å². The van der Waals surface area contributed by atoms with Crippen LogP contribution >= 0.6 is 11.6 Å².